The largest absolute Gasteiger partial charge is 0.481 e. The predicted octanol–water partition coefficient (Wildman–Crippen LogP) is 1.69. The number of carboxylic acid groups (broad SMARTS) is 1. The summed E-state index contributed by atoms with van der Waals surface area (Å²) in [6, 6.07) is 6.23. The van der Waals surface area contributed by atoms with Gasteiger partial charge in [0.05, 0.1) is 6.42 Å². The van der Waals surface area contributed by atoms with Gasteiger partial charge in [0.25, 0.3) is 11.8 Å². The zero-order valence-electron chi connectivity index (χ0n) is 13.0. The zero-order chi connectivity index (χ0) is 17.5. The van der Waals surface area contributed by atoms with Gasteiger partial charge in [-0.05, 0) is 24.3 Å². The fourth-order valence-corrected chi connectivity index (χ4v) is 1.99. The maximum Gasteiger partial charge on any atom is 0.305 e. The smallest absolute Gasteiger partial charge is 0.305 e. The van der Waals surface area contributed by atoms with Crippen LogP contribution in [-0.4, -0.2) is 34.4 Å². The molecule has 3 N–H and O–H groups in total. The molecule has 0 atom stereocenters. The molecule has 0 fully saturated rings. The first kappa shape index (κ1) is 17.2. The van der Waals surface area contributed by atoms with Gasteiger partial charge in [0, 0.05) is 24.2 Å². The van der Waals surface area contributed by atoms with Crippen LogP contribution in [0, 0.1) is 0 Å². The lowest BCUT2D eigenvalue weighted by Gasteiger charge is -2.06. The molecule has 8 nitrogen and oxygen atoms in total. The van der Waals surface area contributed by atoms with Gasteiger partial charge in [-0.2, -0.15) is 0 Å². The number of hydrogen-bond acceptors (Lipinski definition) is 5. The van der Waals surface area contributed by atoms with E-state index >= 15 is 0 Å². The second kappa shape index (κ2) is 7.91. The Hall–Kier alpha value is -3.16. The molecule has 0 unspecified atom stereocenters. The number of hydrogen-bond donors (Lipinski definition) is 3. The van der Waals surface area contributed by atoms with Crippen LogP contribution in [-0.2, 0) is 11.2 Å². The van der Waals surface area contributed by atoms with Crippen molar-refractivity contribution in [2.75, 3.05) is 11.9 Å². The molecule has 0 aliphatic heterocycles. The highest BCUT2D eigenvalue weighted by Gasteiger charge is 2.15. The van der Waals surface area contributed by atoms with Gasteiger partial charge in [-0.15, -0.1) is 0 Å². The number of benzene rings is 1. The van der Waals surface area contributed by atoms with E-state index in [0.29, 0.717) is 23.4 Å². The van der Waals surface area contributed by atoms with Gasteiger partial charge in [0.2, 0.25) is 0 Å². The van der Waals surface area contributed by atoms with E-state index in [4.69, 9.17) is 9.52 Å². The summed E-state index contributed by atoms with van der Waals surface area (Å²) >= 11 is 0. The van der Waals surface area contributed by atoms with E-state index in [0.717, 1.165) is 0 Å². The number of amides is 2. The molecule has 0 saturated carbocycles. The molecule has 2 amide bonds. The van der Waals surface area contributed by atoms with Crippen LogP contribution in [0.25, 0.3) is 0 Å². The Morgan fingerprint density at radius 1 is 1.17 bits per heavy atom. The average molecular weight is 331 g/mol. The van der Waals surface area contributed by atoms with Gasteiger partial charge < -0.3 is 20.2 Å². The van der Waals surface area contributed by atoms with Crippen molar-refractivity contribution in [1.82, 2.24) is 10.3 Å². The van der Waals surface area contributed by atoms with Crippen molar-refractivity contribution in [3.8, 4) is 0 Å². The molecule has 8 heteroatoms. The van der Waals surface area contributed by atoms with Crippen molar-refractivity contribution < 1.29 is 23.9 Å². The Balaban J connectivity index is 1.95. The van der Waals surface area contributed by atoms with E-state index in [1.165, 1.54) is 18.5 Å². The second-order valence-electron chi connectivity index (χ2n) is 4.91. The molecule has 0 radical (unpaired) electrons. The van der Waals surface area contributed by atoms with Crippen LogP contribution in [0.5, 0.6) is 0 Å². The van der Waals surface area contributed by atoms with Gasteiger partial charge in [-0.1, -0.05) is 6.92 Å². The first-order chi connectivity index (χ1) is 11.5. The lowest BCUT2D eigenvalue weighted by Crippen LogP contribution is -2.25. The van der Waals surface area contributed by atoms with Gasteiger partial charge in [0.15, 0.2) is 12.1 Å². The second-order valence-corrected chi connectivity index (χ2v) is 4.91. The molecule has 0 aliphatic rings. The number of oxazole rings is 1. The molecule has 1 aromatic heterocycles. The highest BCUT2D eigenvalue weighted by molar-refractivity contribution is 6.03. The summed E-state index contributed by atoms with van der Waals surface area (Å²) in [5.74, 6) is -1.24. The summed E-state index contributed by atoms with van der Waals surface area (Å²) in [7, 11) is 0. The molecule has 1 aromatic carbocycles. The van der Waals surface area contributed by atoms with E-state index in [9.17, 15) is 14.4 Å². The first-order valence-corrected chi connectivity index (χ1v) is 7.35. The fourth-order valence-electron chi connectivity index (χ4n) is 1.99. The number of aromatic nitrogens is 1. The molecular weight excluding hydrogens is 314 g/mol. The Morgan fingerprint density at radius 2 is 1.88 bits per heavy atom. The van der Waals surface area contributed by atoms with E-state index in [1.807, 2.05) is 6.92 Å². The first-order valence-electron chi connectivity index (χ1n) is 7.35. The number of nitrogens with one attached hydrogen (secondary N) is 2. The minimum Gasteiger partial charge on any atom is -0.481 e. The summed E-state index contributed by atoms with van der Waals surface area (Å²) in [4.78, 5) is 38.2. The minimum absolute atomic E-state index is 0.0542. The number of aliphatic carboxylic acids is 1. The van der Waals surface area contributed by atoms with Crippen LogP contribution in [0.1, 0.15) is 40.0 Å². The van der Waals surface area contributed by atoms with Crippen molar-refractivity contribution in [3.05, 3.63) is 47.7 Å². The fraction of sp³-hybridized carbons (Fsp3) is 0.250. The molecule has 2 aromatic rings. The Bertz CT molecular complexity index is 736. The number of carboxylic acids is 1. The summed E-state index contributed by atoms with van der Waals surface area (Å²) < 4.78 is 5.11. The number of nitrogens with zero attached hydrogens (tertiary/aromatic N) is 1. The van der Waals surface area contributed by atoms with Crippen LogP contribution in [0.15, 0.2) is 35.1 Å². The normalized spacial score (nSPS) is 10.2. The number of anilines is 1. The molecule has 0 saturated heterocycles. The van der Waals surface area contributed by atoms with E-state index in [1.54, 1.807) is 12.1 Å². The quantitative estimate of drug-likeness (QED) is 0.710. The SMILES string of the molecule is CCc1ocnc1C(=O)Nc1ccc(C(=O)NCCC(=O)O)cc1. The van der Waals surface area contributed by atoms with Gasteiger partial charge in [0.1, 0.15) is 5.76 Å². The van der Waals surface area contributed by atoms with Gasteiger partial charge >= 0.3 is 5.97 Å². The maximum absolute atomic E-state index is 12.1. The number of carbonyl (C=O) groups excluding carboxylic acids is 2. The number of rotatable bonds is 7. The van der Waals surface area contributed by atoms with Crippen LogP contribution in [0.2, 0.25) is 0 Å². The monoisotopic (exact) mass is 331 g/mol. The molecule has 0 aliphatic carbocycles. The van der Waals surface area contributed by atoms with E-state index in [-0.39, 0.29) is 30.5 Å². The Morgan fingerprint density at radius 3 is 2.50 bits per heavy atom. The molecule has 0 bridgehead atoms. The zero-order valence-corrected chi connectivity index (χ0v) is 13.0. The third-order valence-electron chi connectivity index (χ3n) is 3.21. The lowest BCUT2D eigenvalue weighted by atomic mass is 10.2. The highest BCUT2D eigenvalue weighted by Crippen LogP contribution is 2.13. The lowest BCUT2D eigenvalue weighted by molar-refractivity contribution is -0.136. The van der Waals surface area contributed by atoms with Gasteiger partial charge in [-0.3, -0.25) is 14.4 Å². The predicted molar refractivity (Wildman–Crippen MR) is 84.9 cm³/mol. The van der Waals surface area contributed by atoms with Crippen molar-refractivity contribution in [3.63, 3.8) is 0 Å². The Labute approximate surface area is 137 Å². The topological polar surface area (TPSA) is 122 Å². The van der Waals surface area contributed by atoms with Crippen molar-refractivity contribution in [2.45, 2.75) is 19.8 Å². The standard InChI is InChI=1S/C16H17N3O5/c1-2-12-14(18-9-24-12)16(23)19-11-5-3-10(4-6-11)15(22)17-8-7-13(20)21/h3-6,9H,2,7-8H2,1H3,(H,17,22)(H,19,23)(H,20,21). The summed E-state index contributed by atoms with van der Waals surface area (Å²) in [6.07, 6.45) is 1.63. The summed E-state index contributed by atoms with van der Waals surface area (Å²) in [5, 5.41) is 13.7. The summed E-state index contributed by atoms with van der Waals surface area (Å²) in [6.45, 7) is 1.91. The van der Waals surface area contributed by atoms with Crippen molar-refractivity contribution in [2.24, 2.45) is 0 Å². The van der Waals surface area contributed by atoms with Crippen molar-refractivity contribution >= 4 is 23.5 Å². The van der Waals surface area contributed by atoms with Crippen LogP contribution in [0.3, 0.4) is 0 Å². The number of aryl methyl sites for hydroxylation is 1. The molecule has 2 rings (SSSR count). The van der Waals surface area contributed by atoms with Crippen molar-refractivity contribution in [1.29, 1.82) is 0 Å². The highest BCUT2D eigenvalue weighted by atomic mass is 16.4. The summed E-state index contributed by atoms with van der Waals surface area (Å²) in [5.41, 5.74) is 1.11. The number of carbonyl (C=O) groups is 3. The maximum atomic E-state index is 12.1. The average Bonchev–Trinajstić information content (AvgIpc) is 3.03. The van der Waals surface area contributed by atoms with E-state index in [2.05, 4.69) is 15.6 Å². The third-order valence-corrected chi connectivity index (χ3v) is 3.21. The van der Waals surface area contributed by atoms with Gasteiger partial charge in [-0.25, -0.2) is 4.98 Å². The van der Waals surface area contributed by atoms with Crippen LogP contribution < -0.4 is 10.6 Å². The third kappa shape index (κ3) is 4.42. The minimum atomic E-state index is -0.979. The molecule has 24 heavy (non-hydrogen) atoms. The van der Waals surface area contributed by atoms with Crippen LogP contribution >= 0.6 is 0 Å². The molecule has 0 spiro atoms. The van der Waals surface area contributed by atoms with Crippen LogP contribution in [0.4, 0.5) is 5.69 Å². The molecular formula is C16H17N3O5. The van der Waals surface area contributed by atoms with E-state index < -0.39 is 5.97 Å². The molecule has 1 heterocycles. The molecule has 126 valence electrons. The Kier molecular flexibility index (Phi) is 5.67.